The lowest BCUT2D eigenvalue weighted by Crippen LogP contribution is -2.18. The summed E-state index contributed by atoms with van der Waals surface area (Å²) in [5.74, 6) is 0.999. The molecule has 88 valence electrons. The van der Waals surface area contributed by atoms with Gasteiger partial charge in [0.25, 0.3) is 0 Å². The number of rotatable bonds is 2. The van der Waals surface area contributed by atoms with Crippen LogP contribution < -0.4 is 5.73 Å². The molecule has 0 spiro atoms. The molecule has 1 aromatic heterocycles. The fourth-order valence-corrected chi connectivity index (χ4v) is 2.75. The number of hydrogen-bond acceptors (Lipinski definition) is 2. The SMILES string of the molecule is CC(N)Cc1nc2c([nH]1)Cc1cc(Br)ccc1-2. The van der Waals surface area contributed by atoms with Gasteiger partial charge in [0.15, 0.2) is 0 Å². The number of nitrogens with zero attached hydrogens (tertiary/aromatic N) is 1. The molecule has 1 unspecified atom stereocenters. The van der Waals surface area contributed by atoms with E-state index in [1.165, 1.54) is 16.8 Å². The van der Waals surface area contributed by atoms with Crippen LogP contribution in [-0.2, 0) is 12.8 Å². The van der Waals surface area contributed by atoms with Crippen LogP contribution >= 0.6 is 15.9 Å². The molecule has 0 saturated heterocycles. The fraction of sp³-hybridized carbons (Fsp3) is 0.308. The normalized spacial score (nSPS) is 14.5. The third-order valence-electron chi connectivity index (χ3n) is 3.03. The van der Waals surface area contributed by atoms with Gasteiger partial charge in [0.05, 0.1) is 5.69 Å². The van der Waals surface area contributed by atoms with Gasteiger partial charge in [0, 0.05) is 34.6 Å². The molecule has 0 bridgehead atoms. The zero-order valence-corrected chi connectivity index (χ0v) is 11.2. The van der Waals surface area contributed by atoms with Crippen molar-refractivity contribution in [1.82, 2.24) is 9.97 Å². The molecule has 17 heavy (non-hydrogen) atoms. The van der Waals surface area contributed by atoms with Crippen molar-refractivity contribution < 1.29 is 0 Å². The van der Waals surface area contributed by atoms with Gasteiger partial charge in [-0.2, -0.15) is 0 Å². The highest BCUT2D eigenvalue weighted by molar-refractivity contribution is 9.10. The summed E-state index contributed by atoms with van der Waals surface area (Å²) < 4.78 is 1.12. The lowest BCUT2D eigenvalue weighted by atomic mass is 10.1. The molecule has 1 aliphatic carbocycles. The summed E-state index contributed by atoms with van der Waals surface area (Å²) in [7, 11) is 0. The van der Waals surface area contributed by atoms with Gasteiger partial charge in [0.2, 0.25) is 0 Å². The average molecular weight is 292 g/mol. The highest BCUT2D eigenvalue weighted by Crippen LogP contribution is 2.36. The van der Waals surface area contributed by atoms with Crippen LogP contribution in [0.25, 0.3) is 11.3 Å². The van der Waals surface area contributed by atoms with Crippen LogP contribution in [0.4, 0.5) is 0 Å². The maximum absolute atomic E-state index is 5.79. The van der Waals surface area contributed by atoms with E-state index in [0.29, 0.717) is 0 Å². The molecule has 0 saturated carbocycles. The van der Waals surface area contributed by atoms with Gasteiger partial charge in [-0.25, -0.2) is 4.98 Å². The first-order valence-electron chi connectivity index (χ1n) is 5.75. The minimum Gasteiger partial charge on any atom is -0.345 e. The lowest BCUT2D eigenvalue weighted by Gasteiger charge is -2.02. The van der Waals surface area contributed by atoms with Crippen molar-refractivity contribution in [2.24, 2.45) is 5.73 Å². The molecule has 0 amide bonds. The van der Waals surface area contributed by atoms with Crippen molar-refractivity contribution in [2.75, 3.05) is 0 Å². The van der Waals surface area contributed by atoms with Crippen LogP contribution in [-0.4, -0.2) is 16.0 Å². The van der Waals surface area contributed by atoms with E-state index in [0.717, 1.165) is 28.8 Å². The monoisotopic (exact) mass is 291 g/mol. The van der Waals surface area contributed by atoms with Crippen molar-refractivity contribution in [3.8, 4) is 11.3 Å². The first-order valence-corrected chi connectivity index (χ1v) is 6.55. The van der Waals surface area contributed by atoms with Gasteiger partial charge in [-0.05, 0) is 24.6 Å². The molecule has 3 N–H and O–H groups in total. The second-order valence-electron chi connectivity index (χ2n) is 4.67. The maximum Gasteiger partial charge on any atom is 0.108 e. The van der Waals surface area contributed by atoms with Crippen LogP contribution in [0.15, 0.2) is 22.7 Å². The van der Waals surface area contributed by atoms with Crippen LogP contribution in [0.3, 0.4) is 0 Å². The van der Waals surface area contributed by atoms with E-state index in [2.05, 4.69) is 44.1 Å². The van der Waals surface area contributed by atoms with Gasteiger partial charge in [0.1, 0.15) is 5.82 Å². The Morgan fingerprint density at radius 2 is 2.35 bits per heavy atom. The number of halogens is 1. The smallest absolute Gasteiger partial charge is 0.108 e. The summed E-state index contributed by atoms with van der Waals surface area (Å²) in [6, 6.07) is 6.50. The van der Waals surface area contributed by atoms with Crippen molar-refractivity contribution in [3.63, 3.8) is 0 Å². The van der Waals surface area contributed by atoms with Gasteiger partial charge in [-0.1, -0.05) is 22.0 Å². The van der Waals surface area contributed by atoms with E-state index < -0.39 is 0 Å². The maximum atomic E-state index is 5.79. The molecule has 0 fully saturated rings. The Hall–Kier alpha value is -1.13. The molecular weight excluding hydrogens is 278 g/mol. The highest BCUT2D eigenvalue weighted by atomic mass is 79.9. The third kappa shape index (κ3) is 1.91. The molecular formula is C13H14BrN3. The summed E-state index contributed by atoms with van der Waals surface area (Å²) in [4.78, 5) is 8.04. The Balaban J connectivity index is 2.00. The van der Waals surface area contributed by atoms with E-state index in [1.54, 1.807) is 0 Å². The number of nitrogens with one attached hydrogen (secondary N) is 1. The molecule has 2 aromatic rings. The van der Waals surface area contributed by atoms with Crippen LogP contribution in [0.2, 0.25) is 0 Å². The number of fused-ring (bicyclic) bond motifs is 3. The van der Waals surface area contributed by atoms with Crippen LogP contribution in [0.5, 0.6) is 0 Å². The number of benzene rings is 1. The summed E-state index contributed by atoms with van der Waals surface area (Å²) in [5, 5.41) is 0. The highest BCUT2D eigenvalue weighted by Gasteiger charge is 2.22. The number of aromatic amines is 1. The lowest BCUT2D eigenvalue weighted by molar-refractivity contribution is 0.708. The van der Waals surface area contributed by atoms with Gasteiger partial charge in [-0.3, -0.25) is 0 Å². The van der Waals surface area contributed by atoms with Crippen molar-refractivity contribution in [3.05, 3.63) is 39.8 Å². The zero-order chi connectivity index (χ0) is 12.0. The van der Waals surface area contributed by atoms with Gasteiger partial charge < -0.3 is 10.7 Å². The number of hydrogen-bond donors (Lipinski definition) is 2. The number of aromatic nitrogens is 2. The molecule has 1 aliphatic rings. The van der Waals surface area contributed by atoms with Crippen molar-refractivity contribution >= 4 is 15.9 Å². The molecule has 1 atom stereocenters. The van der Waals surface area contributed by atoms with Crippen molar-refractivity contribution in [1.29, 1.82) is 0 Å². The summed E-state index contributed by atoms with van der Waals surface area (Å²) >= 11 is 3.50. The Morgan fingerprint density at radius 1 is 1.53 bits per heavy atom. The molecule has 0 radical (unpaired) electrons. The third-order valence-corrected chi connectivity index (χ3v) is 3.53. The molecule has 3 rings (SSSR count). The summed E-state index contributed by atoms with van der Waals surface area (Å²) in [6.07, 6.45) is 1.74. The fourth-order valence-electron chi connectivity index (χ4n) is 2.35. The van der Waals surface area contributed by atoms with Crippen molar-refractivity contribution in [2.45, 2.75) is 25.8 Å². The predicted octanol–water partition coefficient (Wildman–Crippen LogP) is 2.63. The standard InChI is InChI=1S/C13H14BrN3/c1-7(15)4-12-16-11-6-8-5-9(14)2-3-10(8)13(11)17-12/h2-3,5,7H,4,6,15H2,1H3,(H,16,17). The Morgan fingerprint density at radius 3 is 3.12 bits per heavy atom. The van der Waals surface area contributed by atoms with E-state index in [9.17, 15) is 0 Å². The molecule has 1 aromatic carbocycles. The number of imidazole rings is 1. The average Bonchev–Trinajstić information content (AvgIpc) is 2.72. The number of nitrogens with two attached hydrogens (primary N) is 1. The summed E-state index contributed by atoms with van der Waals surface area (Å²) in [6.45, 7) is 2.00. The molecule has 4 heteroatoms. The molecule has 1 heterocycles. The van der Waals surface area contributed by atoms with Crippen LogP contribution in [0.1, 0.15) is 24.0 Å². The van der Waals surface area contributed by atoms with E-state index in [1.807, 2.05) is 6.92 Å². The first kappa shape index (κ1) is 11.0. The largest absolute Gasteiger partial charge is 0.345 e. The minimum atomic E-state index is 0.144. The zero-order valence-electron chi connectivity index (χ0n) is 9.63. The predicted molar refractivity (Wildman–Crippen MR) is 71.9 cm³/mol. The first-order chi connectivity index (χ1) is 8.13. The van der Waals surface area contributed by atoms with Crippen LogP contribution in [0, 0.1) is 0 Å². The van der Waals surface area contributed by atoms with Gasteiger partial charge >= 0.3 is 0 Å². The second kappa shape index (κ2) is 3.96. The van der Waals surface area contributed by atoms with E-state index in [4.69, 9.17) is 5.73 Å². The van der Waals surface area contributed by atoms with E-state index in [-0.39, 0.29) is 6.04 Å². The second-order valence-corrected chi connectivity index (χ2v) is 5.59. The Bertz CT molecular complexity index is 572. The minimum absolute atomic E-state index is 0.144. The Labute approximate surface area is 109 Å². The quantitative estimate of drug-likeness (QED) is 0.763. The molecule has 3 nitrogen and oxygen atoms in total. The topological polar surface area (TPSA) is 54.7 Å². The number of H-pyrrole nitrogens is 1. The van der Waals surface area contributed by atoms with E-state index >= 15 is 0 Å². The Kier molecular flexibility index (Phi) is 2.56. The summed E-state index contributed by atoms with van der Waals surface area (Å²) in [5.41, 5.74) is 10.7. The van der Waals surface area contributed by atoms with Gasteiger partial charge in [-0.15, -0.1) is 0 Å². The molecule has 0 aliphatic heterocycles.